The molecule has 0 radical (unpaired) electrons. The van der Waals surface area contributed by atoms with Crippen LogP contribution in [-0.4, -0.2) is 36.2 Å². The zero-order valence-electron chi connectivity index (χ0n) is 12.1. The average molecular weight is 272 g/mol. The summed E-state index contributed by atoms with van der Waals surface area (Å²) in [6.07, 6.45) is 5.81. The Kier molecular flexibility index (Phi) is 4.01. The third-order valence-corrected chi connectivity index (χ3v) is 3.68. The third kappa shape index (κ3) is 2.94. The number of carbonyl (C=O) groups is 1. The van der Waals surface area contributed by atoms with Gasteiger partial charge in [-0.1, -0.05) is 18.1 Å². The van der Waals surface area contributed by atoms with Gasteiger partial charge >= 0.3 is 0 Å². The molecule has 1 atom stereocenters. The molecule has 0 aliphatic carbocycles. The highest BCUT2D eigenvalue weighted by molar-refractivity contribution is 5.85. The maximum Gasteiger partial charge on any atom is 0.241 e. The molecule has 1 aliphatic heterocycles. The van der Waals surface area contributed by atoms with E-state index in [-0.39, 0.29) is 24.2 Å². The fraction of sp³-hybridized carbons (Fsp3) is 0.438. The Morgan fingerprint density at radius 1 is 1.40 bits per heavy atom. The summed E-state index contributed by atoms with van der Waals surface area (Å²) < 4.78 is 5.32. The normalized spacial score (nSPS) is 20.8. The van der Waals surface area contributed by atoms with Gasteiger partial charge in [-0.2, -0.15) is 0 Å². The lowest BCUT2D eigenvalue weighted by molar-refractivity contribution is -0.129. The number of carbonyl (C=O) groups excluding carboxylic acids is 1. The van der Waals surface area contributed by atoms with E-state index < -0.39 is 0 Å². The number of amides is 1. The van der Waals surface area contributed by atoms with E-state index in [9.17, 15) is 4.79 Å². The van der Waals surface area contributed by atoms with Crippen molar-refractivity contribution in [2.24, 2.45) is 0 Å². The van der Waals surface area contributed by atoms with Gasteiger partial charge in [0.2, 0.25) is 5.91 Å². The van der Waals surface area contributed by atoms with Crippen molar-refractivity contribution in [3.8, 4) is 18.1 Å². The summed E-state index contributed by atoms with van der Waals surface area (Å²) in [5.41, 5.74) is 0.799. The monoisotopic (exact) mass is 272 g/mol. The summed E-state index contributed by atoms with van der Waals surface area (Å²) in [6, 6.07) is 7.51. The maximum absolute atomic E-state index is 12.2. The molecule has 20 heavy (non-hydrogen) atoms. The van der Waals surface area contributed by atoms with Gasteiger partial charge in [-0.05, 0) is 38.0 Å². The van der Waals surface area contributed by atoms with Gasteiger partial charge in [-0.25, -0.2) is 0 Å². The number of benzene rings is 1. The van der Waals surface area contributed by atoms with Crippen LogP contribution in [0.1, 0.15) is 19.4 Å². The highest BCUT2D eigenvalue weighted by Gasteiger charge is 2.41. The van der Waals surface area contributed by atoms with E-state index in [0.717, 1.165) is 11.3 Å². The number of nitrogens with one attached hydrogen (secondary N) is 1. The summed E-state index contributed by atoms with van der Waals surface area (Å²) in [5.74, 6) is 3.30. The standard InChI is InChI=1S/C16H20N2O2/c1-5-10-20-13-8-6-12(7-9-13)11-14-15(19)18(4)16(2,3)17-14/h1,6-9,14,17H,10-11H2,2-4H3/t14-/m0/s1. The van der Waals surface area contributed by atoms with E-state index >= 15 is 0 Å². The molecule has 1 fully saturated rings. The Labute approximate surface area is 120 Å². The van der Waals surface area contributed by atoms with E-state index in [2.05, 4.69) is 11.2 Å². The smallest absolute Gasteiger partial charge is 0.241 e. The first-order valence-electron chi connectivity index (χ1n) is 6.64. The molecule has 0 saturated carbocycles. The van der Waals surface area contributed by atoms with Crippen molar-refractivity contribution >= 4 is 5.91 Å². The lowest BCUT2D eigenvalue weighted by Gasteiger charge is -2.27. The second-order valence-electron chi connectivity index (χ2n) is 5.49. The van der Waals surface area contributed by atoms with Gasteiger partial charge < -0.3 is 9.64 Å². The Morgan fingerprint density at radius 3 is 2.55 bits per heavy atom. The van der Waals surface area contributed by atoms with Crippen LogP contribution in [0, 0.1) is 12.3 Å². The molecule has 106 valence electrons. The van der Waals surface area contributed by atoms with Gasteiger partial charge in [0.05, 0.1) is 11.7 Å². The van der Waals surface area contributed by atoms with Crippen LogP contribution in [0.3, 0.4) is 0 Å². The first kappa shape index (κ1) is 14.4. The van der Waals surface area contributed by atoms with Gasteiger partial charge in [0.25, 0.3) is 0 Å². The fourth-order valence-electron chi connectivity index (χ4n) is 2.31. The Balaban J connectivity index is 2.01. The molecule has 4 nitrogen and oxygen atoms in total. The number of rotatable bonds is 4. The van der Waals surface area contributed by atoms with Crippen LogP contribution >= 0.6 is 0 Å². The van der Waals surface area contributed by atoms with Crippen LogP contribution in [0.15, 0.2) is 24.3 Å². The molecule has 0 spiro atoms. The summed E-state index contributed by atoms with van der Waals surface area (Å²) in [4.78, 5) is 13.9. The lowest BCUT2D eigenvalue weighted by Crippen LogP contribution is -2.45. The summed E-state index contributed by atoms with van der Waals surface area (Å²) in [5, 5.41) is 3.35. The van der Waals surface area contributed by atoms with Gasteiger partial charge in [0.15, 0.2) is 0 Å². The molecule has 0 unspecified atom stereocenters. The van der Waals surface area contributed by atoms with Crippen LogP contribution in [0.4, 0.5) is 0 Å². The minimum absolute atomic E-state index is 0.127. The van der Waals surface area contributed by atoms with E-state index in [1.54, 1.807) is 4.90 Å². The molecule has 1 aromatic carbocycles. The Hall–Kier alpha value is -1.99. The average Bonchev–Trinajstić information content (AvgIpc) is 2.61. The highest BCUT2D eigenvalue weighted by atomic mass is 16.5. The molecule has 4 heteroatoms. The van der Waals surface area contributed by atoms with Gasteiger partial charge in [0, 0.05) is 7.05 Å². The molecule has 0 bridgehead atoms. The van der Waals surface area contributed by atoms with Crippen molar-refractivity contribution in [2.45, 2.75) is 32.0 Å². The number of hydrogen-bond acceptors (Lipinski definition) is 3. The van der Waals surface area contributed by atoms with E-state index in [0.29, 0.717) is 6.42 Å². The SMILES string of the molecule is C#CCOc1ccc(C[C@@H]2NC(C)(C)N(C)C2=O)cc1. The van der Waals surface area contributed by atoms with Gasteiger partial charge in [0.1, 0.15) is 12.4 Å². The maximum atomic E-state index is 12.2. The molecular weight excluding hydrogens is 252 g/mol. The number of ether oxygens (including phenoxy) is 1. The van der Waals surface area contributed by atoms with Crippen molar-refractivity contribution in [1.29, 1.82) is 0 Å². The Bertz CT molecular complexity index is 528. The fourth-order valence-corrected chi connectivity index (χ4v) is 2.31. The van der Waals surface area contributed by atoms with Crippen LogP contribution < -0.4 is 10.1 Å². The quantitative estimate of drug-likeness (QED) is 0.843. The van der Waals surface area contributed by atoms with Crippen molar-refractivity contribution in [3.05, 3.63) is 29.8 Å². The number of nitrogens with zero attached hydrogens (tertiary/aromatic N) is 1. The van der Waals surface area contributed by atoms with Crippen molar-refractivity contribution < 1.29 is 9.53 Å². The summed E-state index contributed by atoms with van der Waals surface area (Å²) in [6.45, 7) is 4.27. The van der Waals surface area contributed by atoms with Crippen LogP contribution in [0.5, 0.6) is 5.75 Å². The molecule has 1 aromatic rings. The number of likely N-dealkylation sites (N-methyl/N-ethyl adjacent to an activating group) is 1. The van der Waals surface area contributed by atoms with Crippen LogP contribution in [0.2, 0.25) is 0 Å². The molecule has 1 N–H and O–H groups in total. The van der Waals surface area contributed by atoms with Gasteiger partial charge in [-0.15, -0.1) is 6.42 Å². The minimum atomic E-state index is -0.294. The van der Waals surface area contributed by atoms with E-state index in [4.69, 9.17) is 11.2 Å². The van der Waals surface area contributed by atoms with Gasteiger partial charge in [-0.3, -0.25) is 10.1 Å². The molecule has 0 aromatic heterocycles. The zero-order chi connectivity index (χ0) is 14.8. The van der Waals surface area contributed by atoms with E-state index in [1.807, 2.05) is 45.2 Å². The second kappa shape index (κ2) is 5.56. The molecule has 1 saturated heterocycles. The Morgan fingerprint density at radius 2 is 2.05 bits per heavy atom. The third-order valence-electron chi connectivity index (χ3n) is 3.68. The predicted molar refractivity (Wildman–Crippen MR) is 78.2 cm³/mol. The zero-order valence-corrected chi connectivity index (χ0v) is 12.1. The number of terminal acetylenes is 1. The topological polar surface area (TPSA) is 41.6 Å². The first-order valence-corrected chi connectivity index (χ1v) is 6.64. The summed E-state index contributed by atoms with van der Waals surface area (Å²) in [7, 11) is 1.83. The second-order valence-corrected chi connectivity index (χ2v) is 5.49. The van der Waals surface area contributed by atoms with E-state index in [1.165, 1.54) is 0 Å². The number of hydrogen-bond donors (Lipinski definition) is 1. The molecule has 1 heterocycles. The summed E-state index contributed by atoms with van der Waals surface area (Å²) >= 11 is 0. The molecule has 1 amide bonds. The highest BCUT2D eigenvalue weighted by Crippen LogP contribution is 2.22. The molecular formula is C16H20N2O2. The molecule has 2 rings (SSSR count). The minimum Gasteiger partial charge on any atom is -0.481 e. The van der Waals surface area contributed by atoms with Crippen LogP contribution in [-0.2, 0) is 11.2 Å². The van der Waals surface area contributed by atoms with Crippen molar-refractivity contribution in [1.82, 2.24) is 10.2 Å². The largest absolute Gasteiger partial charge is 0.481 e. The van der Waals surface area contributed by atoms with Crippen molar-refractivity contribution in [2.75, 3.05) is 13.7 Å². The first-order chi connectivity index (χ1) is 9.44. The lowest BCUT2D eigenvalue weighted by atomic mass is 10.1. The predicted octanol–water partition coefficient (Wildman–Crippen LogP) is 1.41. The van der Waals surface area contributed by atoms with Crippen molar-refractivity contribution in [3.63, 3.8) is 0 Å². The van der Waals surface area contributed by atoms with Crippen LogP contribution in [0.25, 0.3) is 0 Å². The molecule has 1 aliphatic rings.